The fourth-order valence-corrected chi connectivity index (χ4v) is 10.4. The Bertz CT molecular complexity index is 1200. The van der Waals surface area contributed by atoms with Crippen LogP contribution in [0.25, 0.3) is 0 Å². The summed E-state index contributed by atoms with van der Waals surface area (Å²) in [6.45, 7) is 6.91. The van der Waals surface area contributed by atoms with E-state index in [1.54, 1.807) is 6.92 Å². The molecular weight excluding hydrogens is 608 g/mol. The fraction of sp³-hybridized carbons (Fsp3) is 0.906. The zero-order valence-electron chi connectivity index (χ0n) is 26.4. The van der Waals surface area contributed by atoms with Crippen molar-refractivity contribution in [2.24, 2.45) is 22.2 Å². The zero-order valence-corrected chi connectivity index (χ0v) is 26.4. The number of aliphatic hydroxyl groups is 9. The maximum Gasteiger partial charge on any atom is 0.314 e. The number of carbonyl (C=O) groups is 1. The van der Waals surface area contributed by atoms with Gasteiger partial charge in [-0.2, -0.15) is 0 Å². The Hall–Kier alpha value is -1.27. The molecule has 14 nitrogen and oxygen atoms in total. The molecule has 6 aliphatic rings. The van der Waals surface area contributed by atoms with Crippen molar-refractivity contribution in [3.8, 4) is 0 Å². The van der Waals surface area contributed by atoms with Gasteiger partial charge in [0, 0.05) is 10.8 Å². The van der Waals surface area contributed by atoms with Gasteiger partial charge in [-0.15, -0.1) is 0 Å². The van der Waals surface area contributed by atoms with Crippen molar-refractivity contribution in [3.63, 3.8) is 0 Å². The van der Waals surface area contributed by atoms with Crippen LogP contribution < -0.4 is 0 Å². The molecule has 4 aliphatic carbocycles. The molecule has 0 aromatic rings. The van der Waals surface area contributed by atoms with Crippen molar-refractivity contribution in [1.82, 2.24) is 0 Å². The van der Waals surface area contributed by atoms with Crippen LogP contribution in [0.1, 0.15) is 71.6 Å². The van der Waals surface area contributed by atoms with Crippen LogP contribution in [0.5, 0.6) is 0 Å². The average Bonchev–Trinajstić information content (AvgIpc) is 3.26. The molecule has 4 saturated carbocycles. The van der Waals surface area contributed by atoms with Crippen molar-refractivity contribution >= 4 is 5.97 Å². The highest BCUT2D eigenvalue weighted by molar-refractivity contribution is 5.77. The molecule has 0 aromatic heterocycles. The molecule has 6 rings (SSSR count). The van der Waals surface area contributed by atoms with Crippen LogP contribution in [-0.2, 0) is 23.7 Å². The largest absolute Gasteiger partial charge is 0.432 e. The molecule has 0 amide bonds. The predicted molar refractivity (Wildman–Crippen MR) is 155 cm³/mol. The molecule has 2 aliphatic heterocycles. The highest BCUT2D eigenvalue weighted by Gasteiger charge is 2.75. The van der Waals surface area contributed by atoms with Gasteiger partial charge in [0.15, 0.2) is 6.29 Å². The third-order valence-electron chi connectivity index (χ3n) is 13.1. The fourth-order valence-electron chi connectivity index (χ4n) is 10.4. The van der Waals surface area contributed by atoms with Crippen LogP contribution in [0, 0.1) is 22.2 Å². The van der Waals surface area contributed by atoms with Crippen molar-refractivity contribution in [2.45, 2.75) is 144 Å². The standard InChI is InChI=1S/C32H50O14/c1-15-11-30-8-5-18-28(2,27(41)45-25-23(39)21(37)19(35)16(12-33)43-25)6-4-7-29(18,3)32(30,42)10-9-31(15,14-30)46-26-24(40)22(38)20(36)17(13-34)44-26/h16-26,33-40,42H,1,4-14H2,2-3H3/t16-,17-,18?,19-,20-,21+,22+,23-,24-,25+,26?,28-,29-,30-,31+,32-/m1/s1. The lowest BCUT2D eigenvalue weighted by Gasteiger charge is -2.68. The van der Waals surface area contributed by atoms with Crippen LogP contribution in [0.4, 0.5) is 0 Å². The van der Waals surface area contributed by atoms with E-state index in [9.17, 15) is 50.8 Å². The van der Waals surface area contributed by atoms with Gasteiger partial charge in [-0.25, -0.2) is 0 Å². The van der Waals surface area contributed by atoms with E-state index in [2.05, 4.69) is 6.58 Å². The monoisotopic (exact) mass is 658 g/mol. The lowest BCUT2D eigenvalue weighted by atomic mass is 9.38. The summed E-state index contributed by atoms with van der Waals surface area (Å²) < 4.78 is 23.2. The molecule has 2 saturated heterocycles. The minimum atomic E-state index is -1.72. The number of rotatable bonds is 6. The SMILES string of the molecule is C=C1C[C@@]23CCC4[C@](C)(C(=O)O[C@@H]5O[C@H](CO)[C@@H](O)[C@H](O)[C@H]5O)CCC[C@@]4(C)[C@]2(O)CC[C@]1(OC1O[C@H](CO)[C@@H](O)[C@H](O)[C@H]1O)C3. The van der Waals surface area contributed by atoms with Crippen LogP contribution in [-0.4, -0.2) is 138 Å². The quantitative estimate of drug-likeness (QED) is 0.0884. The van der Waals surface area contributed by atoms with E-state index in [1.165, 1.54) is 0 Å². The maximum atomic E-state index is 14.0. The second-order valence-electron chi connectivity index (χ2n) is 15.3. The summed E-state index contributed by atoms with van der Waals surface area (Å²) in [5, 5.41) is 94.3. The van der Waals surface area contributed by atoms with E-state index < -0.39 is 108 Å². The van der Waals surface area contributed by atoms with E-state index in [0.717, 1.165) is 5.57 Å². The minimum Gasteiger partial charge on any atom is -0.432 e. The molecule has 2 bridgehead atoms. The van der Waals surface area contributed by atoms with E-state index in [1.807, 2.05) is 6.92 Å². The Morgan fingerprint density at radius 1 is 0.826 bits per heavy atom. The second kappa shape index (κ2) is 11.7. The molecule has 2 heterocycles. The molecule has 1 spiro atoms. The van der Waals surface area contributed by atoms with Gasteiger partial charge in [0.2, 0.25) is 6.29 Å². The molecule has 0 aromatic carbocycles. The summed E-state index contributed by atoms with van der Waals surface area (Å²) in [6.07, 6.45) is -10.7. The summed E-state index contributed by atoms with van der Waals surface area (Å²) in [6, 6.07) is 0. The summed E-state index contributed by atoms with van der Waals surface area (Å²) in [5.74, 6) is -0.978. The van der Waals surface area contributed by atoms with Gasteiger partial charge in [-0.1, -0.05) is 19.9 Å². The molecule has 16 atom stereocenters. The van der Waals surface area contributed by atoms with E-state index in [0.29, 0.717) is 57.8 Å². The van der Waals surface area contributed by atoms with Gasteiger partial charge in [0.25, 0.3) is 0 Å². The molecule has 262 valence electrons. The number of esters is 1. The molecule has 46 heavy (non-hydrogen) atoms. The summed E-state index contributed by atoms with van der Waals surface area (Å²) in [4.78, 5) is 14.0. The molecule has 9 N–H and O–H groups in total. The second-order valence-corrected chi connectivity index (χ2v) is 15.3. The van der Waals surface area contributed by atoms with Gasteiger partial charge in [0.05, 0.1) is 29.8 Å². The number of hydrogen-bond donors (Lipinski definition) is 9. The summed E-state index contributed by atoms with van der Waals surface area (Å²) in [7, 11) is 0. The third kappa shape index (κ3) is 4.71. The Morgan fingerprint density at radius 2 is 1.41 bits per heavy atom. The van der Waals surface area contributed by atoms with Crippen LogP contribution >= 0.6 is 0 Å². The van der Waals surface area contributed by atoms with Crippen molar-refractivity contribution in [2.75, 3.05) is 13.2 Å². The number of hydrogen-bond acceptors (Lipinski definition) is 14. The first kappa shape index (κ1) is 34.6. The lowest BCUT2D eigenvalue weighted by Crippen LogP contribution is -2.70. The summed E-state index contributed by atoms with van der Waals surface area (Å²) in [5.41, 5.74) is -3.99. The summed E-state index contributed by atoms with van der Waals surface area (Å²) >= 11 is 0. The molecule has 0 radical (unpaired) electrons. The highest BCUT2D eigenvalue weighted by Crippen LogP contribution is 2.75. The highest BCUT2D eigenvalue weighted by atomic mass is 16.7. The Kier molecular flexibility index (Phi) is 8.77. The lowest BCUT2D eigenvalue weighted by molar-refractivity contribution is -0.336. The Labute approximate surface area is 267 Å². The molecule has 14 heteroatoms. The third-order valence-corrected chi connectivity index (χ3v) is 13.1. The van der Waals surface area contributed by atoms with Crippen LogP contribution in [0.3, 0.4) is 0 Å². The van der Waals surface area contributed by atoms with Crippen molar-refractivity contribution in [3.05, 3.63) is 12.2 Å². The van der Waals surface area contributed by atoms with Gasteiger partial charge in [-0.05, 0) is 69.8 Å². The van der Waals surface area contributed by atoms with Crippen LogP contribution in [0.15, 0.2) is 12.2 Å². The van der Waals surface area contributed by atoms with Gasteiger partial charge in [0.1, 0.15) is 48.8 Å². The normalized spacial score (nSPS) is 55.4. The first-order chi connectivity index (χ1) is 21.5. The van der Waals surface area contributed by atoms with Gasteiger partial charge >= 0.3 is 5.97 Å². The smallest absolute Gasteiger partial charge is 0.314 e. The number of aliphatic hydroxyl groups excluding tert-OH is 8. The first-order valence-corrected chi connectivity index (χ1v) is 16.4. The van der Waals surface area contributed by atoms with Crippen molar-refractivity contribution in [1.29, 1.82) is 0 Å². The Balaban J connectivity index is 1.24. The molecular formula is C32H50O14. The van der Waals surface area contributed by atoms with E-state index in [4.69, 9.17) is 18.9 Å². The van der Waals surface area contributed by atoms with Gasteiger partial charge in [-0.3, -0.25) is 4.79 Å². The number of carbonyl (C=O) groups excluding carboxylic acids is 1. The Morgan fingerprint density at radius 3 is 2.02 bits per heavy atom. The van der Waals surface area contributed by atoms with Crippen molar-refractivity contribution < 1.29 is 69.7 Å². The average molecular weight is 659 g/mol. The van der Waals surface area contributed by atoms with E-state index >= 15 is 0 Å². The number of ether oxygens (including phenoxy) is 4. The maximum absolute atomic E-state index is 14.0. The van der Waals surface area contributed by atoms with Gasteiger partial charge < -0.3 is 64.9 Å². The van der Waals surface area contributed by atoms with Crippen LogP contribution in [0.2, 0.25) is 0 Å². The predicted octanol–water partition coefficient (Wildman–Crippen LogP) is -1.65. The zero-order chi connectivity index (χ0) is 33.6. The number of fused-ring (bicyclic) bond motifs is 3. The molecule has 6 fully saturated rings. The topological polar surface area (TPSA) is 236 Å². The minimum absolute atomic E-state index is 0.300. The first-order valence-electron chi connectivity index (χ1n) is 16.4. The van der Waals surface area contributed by atoms with E-state index in [-0.39, 0.29) is 5.92 Å². The molecule has 2 unspecified atom stereocenters.